The van der Waals surface area contributed by atoms with Gasteiger partial charge in [-0.15, -0.1) is 0 Å². The maximum Gasteiger partial charge on any atom is 0.188 e. The lowest BCUT2D eigenvalue weighted by Gasteiger charge is -2.06. The Morgan fingerprint density at radius 2 is 1.80 bits per heavy atom. The van der Waals surface area contributed by atoms with Crippen LogP contribution in [0.25, 0.3) is 0 Å². The number of methoxy groups -OCH3 is 1. The summed E-state index contributed by atoms with van der Waals surface area (Å²) in [6, 6.07) is 7.44. The topological polar surface area (TPSA) is 40.2 Å². The van der Waals surface area contributed by atoms with E-state index in [1.54, 1.807) is 7.11 Å². The summed E-state index contributed by atoms with van der Waals surface area (Å²) in [4.78, 5) is 0. The first kappa shape index (κ1) is 10.3. The molecule has 0 amide bonds. The van der Waals surface area contributed by atoms with Crippen LogP contribution >= 0.6 is 0 Å². The van der Waals surface area contributed by atoms with Crippen molar-refractivity contribution in [2.24, 2.45) is 0 Å². The fourth-order valence-electron chi connectivity index (χ4n) is 1.11. The summed E-state index contributed by atoms with van der Waals surface area (Å²) >= 11 is 0. The summed E-state index contributed by atoms with van der Waals surface area (Å²) in [7, 11) is 1.59. The van der Waals surface area contributed by atoms with E-state index < -0.39 is 0 Å². The number of hydrogen-bond acceptors (Lipinski definition) is 4. The average molecular weight is 210 g/mol. The molecule has 0 spiro atoms. The Morgan fingerprint density at radius 1 is 1.20 bits per heavy atom. The van der Waals surface area contributed by atoms with E-state index in [4.69, 9.17) is 18.9 Å². The Bertz CT molecular complexity index is 292. The first-order chi connectivity index (χ1) is 7.38. The third-order valence-electron chi connectivity index (χ3n) is 2.01. The smallest absolute Gasteiger partial charge is 0.188 e. The van der Waals surface area contributed by atoms with Gasteiger partial charge >= 0.3 is 0 Å². The van der Waals surface area contributed by atoms with E-state index in [1.807, 2.05) is 24.3 Å². The molecular formula is C11H14O4. The minimum absolute atomic E-state index is 0.260. The molecule has 1 heterocycles. The summed E-state index contributed by atoms with van der Waals surface area (Å²) in [5.74, 6) is 1.60. The Balaban J connectivity index is 1.79. The average Bonchev–Trinajstić information content (AvgIpc) is 3.09. The molecule has 0 N–H and O–H groups in total. The maximum absolute atomic E-state index is 5.48. The first-order valence-electron chi connectivity index (χ1n) is 4.84. The molecule has 1 aliphatic rings. The van der Waals surface area contributed by atoms with E-state index >= 15 is 0 Å². The molecule has 1 aromatic carbocycles. The van der Waals surface area contributed by atoms with Crippen LogP contribution in [-0.4, -0.2) is 33.2 Å². The van der Waals surface area contributed by atoms with Gasteiger partial charge in [0.1, 0.15) is 24.2 Å². The van der Waals surface area contributed by atoms with Crippen LogP contribution in [-0.2, 0) is 9.47 Å². The van der Waals surface area contributed by atoms with E-state index in [9.17, 15) is 0 Å². The fraction of sp³-hybridized carbons (Fsp3) is 0.455. The predicted octanol–water partition coefficient (Wildman–Crippen LogP) is 1.45. The van der Waals surface area contributed by atoms with Crippen molar-refractivity contribution in [2.45, 2.75) is 6.10 Å². The van der Waals surface area contributed by atoms with Crippen molar-refractivity contribution in [1.29, 1.82) is 0 Å². The van der Waals surface area contributed by atoms with Gasteiger partial charge in [-0.2, -0.15) is 0 Å². The number of rotatable bonds is 6. The molecule has 1 aliphatic heterocycles. The van der Waals surface area contributed by atoms with Crippen LogP contribution in [0.15, 0.2) is 24.3 Å². The normalized spacial score (nSPS) is 18.6. The molecule has 4 nitrogen and oxygen atoms in total. The van der Waals surface area contributed by atoms with E-state index in [0.717, 1.165) is 18.1 Å². The standard InChI is InChI=1S/C11H14O4/c1-12-8-15-10-4-2-9(3-5-10)13-6-11-7-14-11/h2-5,11H,6-8H2,1H3/t11-/m1/s1. The van der Waals surface area contributed by atoms with Crippen molar-refractivity contribution >= 4 is 0 Å². The van der Waals surface area contributed by atoms with Crippen LogP contribution in [0.1, 0.15) is 0 Å². The molecule has 0 aromatic heterocycles. The van der Waals surface area contributed by atoms with Crippen molar-refractivity contribution in [3.63, 3.8) is 0 Å². The number of ether oxygens (including phenoxy) is 4. The highest BCUT2D eigenvalue weighted by atomic mass is 16.7. The SMILES string of the molecule is COCOc1ccc(OC[C@@H]2CO2)cc1. The third kappa shape index (κ3) is 3.42. The van der Waals surface area contributed by atoms with Gasteiger partial charge in [-0.05, 0) is 24.3 Å². The summed E-state index contributed by atoms with van der Waals surface area (Å²) in [5, 5.41) is 0. The minimum atomic E-state index is 0.260. The molecule has 2 rings (SSSR count). The lowest BCUT2D eigenvalue weighted by atomic mass is 10.3. The zero-order chi connectivity index (χ0) is 10.5. The zero-order valence-corrected chi connectivity index (χ0v) is 8.64. The molecule has 82 valence electrons. The lowest BCUT2D eigenvalue weighted by molar-refractivity contribution is 0.0511. The van der Waals surface area contributed by atoms with E-state index in [2.05, 4.69) is 0 Å². The lowest BCUT2D eigenvalue weighted by Crippen LogP contribution is -2.04. The van der Waals surface area contributed by atoms with Crippen molar-refractivity contribution in [3.8, 4) is 11.5 Å². The molecule has 0 aliphatic carbocycles. The van der Waals surface area contributed by atoms with Gasteiger partial charge in [0.25, 0.3) is 0 Å². The Hall–Kier alpha value is -1.26. The van der Waals surface area contributed by atoms with Crippen LogP contribution in [0, 0.1) is 0 Å². The van der Waals surface area contributed by atoms with Gasteiger partial charge in [0.15, 0.2) is 6.79 Å². The molecule has 1 atom stereocenters. The number of epoxide rings is 1. The molecule has 0 radical (unpaired) electrons. The van der Waals surface area contributed by atoms with Crippen molar-refractivity contribution < 1.29 is 18.9 Å². The molecule has 1 aromatic rings. The van der Waals surface area contributed by atoms with E-state index in [-0.39, 0.29) is 12.9 Å². The molecule has 1 saturated heterocycles. The van der Waals surface area contributed by atoms with Crippen LogP contribution in [0.2, 0.25) is 0 Å². The quantitative estimate of drug-likeness (QED) is 0.526. The van der Waals surface area contributed by atoms with Crippen LogP contribution in [0.5, 0.6) is 11.5 Å². The summed E-state index contributed by atoms with van der Waals surface area (Å²) in [6.07, 6.45) is 0.286. The van der Waals surface area contributed by atoms with Gasteiger partial charge in [-0.3, -0.25) is 0 Å². The van der Waals surface area contributed by atoms with Gasteiger partial charge in [-0.25, -0.2) is 0 Å². The van der Waals surface area contributed by atoms with Gasteiger partial charge < -0.3 is 18.9 Å². The minimum Gasteiger partial charge on any atom is -0.491 e. The Labute approximate surface area is 88.7 Å². The maximum atomic E-state index is 5.48. The van der Waals surface area contributed by atoms with Crippen molar-refractivity contribution in [1.82, 2.24) is 0 Å². The van der Waals surface area contributed by atoms with Crippen LogP contribution in [0.4, 0.5) is 0 Å². The molecule has 1 fully saturated rings. The Kier molecular flexibility index (Phi) is 3.42. The Morgan fingerprint density at radius 3 is 2.33 bits per heavy atom. The third-order valence-corrected chi connectivity index (χ3v) is 2.01. The van der Waals surface area contributed by atoms with Crippen molar-refractivity contribution in [2.75, 3.05) is 27.1 Å². The molecule has 0 saturated carbocycles. The summed E-state index contributed by atoms with van der Waals surface area (Å²) < 4.78 is 20.6. The van der Waals surface area contributed by atoms with Gasteiger partial charge in [0, 0.05) is 7.11 Å². The van der Waals surface area contributed by atoms with E-state index in [0.29, 0.717) is 6.61 Å². The monoisotopic (exact) mass is 210 g/mol. The molecule has 15 heavy (non-hydrogen) atoms. The highest BCUT2D eigenvalue weighted by Crippen LogP contribution is 2.19. The molecule has 0 bridgehead atoms. The van der Waals surface area contributed by atoms with Crippen molar-refractivity contribution in [3.05, 3.63) is 24.3 Å². The highest BCUT2D eigenvalue weighted by molar-refractivity contribution is 5.31. The van der Waals surface area contributed by atoms with Gasteiger partial charge in [-0.1, -0.05) is 0 Å². The van der Waals surface area contributed by atoms with Gasteiger partial charge in [0.2, 0.25) is 0 Å². The molecular weight excluding hydrogens is 196 g/mol. The largest absolute Gasteiger partial charge is 0.491 e. The number of hydrogen-bond donors (Lipinski definition) is 0. The predicted molar refractivity (Wildman–Crippen MR) is 54.2 cm³/mol. The molecule has 0 unspecified atom stereocenters. The number of benzene rings is 1. The fourth-order valence-corrected chi connectivity index (χ4v) is 1.11. The summed E-state index contributed by atoms with van der Waals surface area (Å²) in [6.45, 7) is 1.70. The second-order valence-electron chi connectivity index (χ2n) is 3.29. The van der Waals surface area contributed by atoms with Crippen LogP contribution < -0.4 is 9.47 Å². The summed E-state index contributed by atoms with van der Waals surface area (Å²) in [5.41, 5.74) is 0. The second kappa shape index (κ2) is 5.00. The van der Waals surface area contributed by atoms with Crippen LogP contribution in [0.3, 0.4) is 0 Å². The second-order valence-corrected chi connectivity index (χ2v) is 3.29. The zero-order valence-electron chi connectivity index (χ0n) is 8.64. The highest BCUT2D eigenvalue weighted by Gasteiger charge is 2.22. The first-order valence-corrected chi connectivity index (χ1v) is 4.84. The molecule has 4 heteroatoms. The van der Waals surface area contributed by atoms with E-state index in [1.165, 1.54) is 0 Å². The van der Waals surface area contributed by atoms with Gasteiger partial charge in [0.05, 0.1) is 6.61 Å².